The third kappa shape index (κ3) is 5.57. The van der Waals surface area contributed by atoms with Crippen molar-refractivity contribution in [3.05, 3.63) is 53.2 Å². The number of benzene rings is 1. The third-order valence-electron chi connectivity index (χ3n) is 5.06. The van der Waals surface area contributed by atoms with Crippen molar-refractivity contribution in [3.8, 4) is 5.88 Å². The standard InChI is InChI=1S/C21H26N4O2.HI/c22-21(25-18-5-4-16-2-1-3-17(16)13-18)24-14-15-6-9-23-20(12-15)27-19-7-10-26-11-8-19;/h4-6,9,12-13,19H,1-3,7-8,10-11,14H2,(H3,22,24,25);1H. The minimum absolute atomic E-state index is 0. The summed E-state index contributed by atoms with van der Waals surface area (Å²) in [6, 6.07) is 10.3. The number of aryl methyl sites for hydroxylation is 2. The van der Waals surface area contributed by atoms with E-state index in [2.05, 4.69) is 33.5 Å². The molecule has 0 bridgehead atoms. The van der Waals surface area contributed by atoms with Gasteiger partial charge in [0, 0.05) is 30.8 Å². The van der Waals surface area contributed by atoms with E-state index in [9.17, 15) is 0 Å². The minimum Gasteiger partial charge on any atom is -0.474 e. The van der Waals surface area contributed by atoms with E-state index >= 15 is 0 Å². The Kier molecular flexibility index (Phi) is 7.50. The van der Waals surface area contributed by atoms with Crippen molar-refractivity contribution in [1.29, 1.82) is 0 Å². The SMILES string of the molecule is I.NC(=NCc1ccnc(OC2CCOCC2)c1)Nc1ccc2c(c1)CCC2. The summed E-state index contributed by atoms with van der Waals surface area (Å²) in [7, 11) is 0. The molecular weight excluding hydrogens is 467 g/mol. The van der Waals surface area contributed by atoms with Crippen LogP contribution in [-0.4, -0.2) is 30.3 Å². The molecule has 0 atom stereocenters. The quantitative estimate of drug-likeness (QED) is 0.377. The lowest BCUT2D eigenvalue weighted by atomic mass is 10.1. The van der Waals surface area contributed by atoms with Crippen LogP contribution in [0.2, 0.25) is 0 Å². The number of rotatable bonds is 5. The van der Waals surface area contributed by atoms with E-state index in [0.717, 1.165) is 43.7 Å². The molecule has 3 N–H and O–H groups in total. The zero-order valence-electron chi connectivity index (χ0n) is 15.9. The van der Waals surface area contributed by atoms with Crippen LogP contribution < -0.4 is 15.8 Å². The van der Waals surface area contributed by atoms with E-state index in [-0.39, 0.29) is 30.1 Å². The number of aliphatic imine (C=N–C) groups is 1. The fourth-order valence-corrected chi connectivity index (χ4v) is 3.59. The van der Waals surface area contributed by atoms with Crippen LogP contribution in [0.25, 0.3) is 0 Å². The first-order chi connectivity index (χ1) is 13.3. The van der Waals surface area contributed by atoms with Gasteiger partial charge in [-0.05, 0) is 54.2 Å². The van der Waals surface area contributed by atoms with E-state index in [4.69, 9.17) is 15.2 Å². The number of hydrogen-bond donors (Lipinski definition) is 2. The number of nitrogens with two attached hydrogens (primary N) is 1. The van der Waals surface area contributed by atoms with E-state index < -0.39 is 0 Å². The van der Waals surface area contributed by atoms with Gasteiger partial charge < -0.3 is 20.5 Å². The number of fused-ring (bicyclic) bond motifs is 1. The second-order valence-corrected chi connectivity index (χ2v) is 7.10. The van der Waals surface area contributed by atoms with Gasteiger partial charge in [0.1, 0.15) is 6.10 Å². The molecule has 0 spiro atoms. The molecule has 7 heteroatoms. The molecule has 1 aliphatic carbocycles. The number of pyridine rings is 1. The summed E-state index contributed by atoms with van der Waals surface area (Å²) < 4.78 is 11.3. The Hall–Kier alpha value is -1.87. The highest BCUT2D eigenvalue weighted by atomic mass is 127. The smallest absolute Gasteiger partial charge is 0.213 e. The summed E-state index contributed by atoms with van der Waals surface area (Å²) in [6.07, 6.45) is 7.31. The number of anilines is 1. The monoisotopic (exact) mass is 494 g/mol. The van der Waals surface area contributed by atoms with E-state index in [1.54, 1.807) is 6.20 Å². The molecular formula is C21H27IN4O2. The van der Waals surface area contributed by atoms with Gasteiger partial charge in [0.05, 0.1) is 19.8 Å². The van der Waals surface area contributed by atoms with Gasteiger partial charge in [0.15, 0.2) is 5.96 Å². The van der Waals surface area contributed by atoms with Gasteiger partial charge in [0.25, 0.3) is 0 Å². The van der Waals surface area contributed by atoms with Crippen molar-refractivity contribution in [3.63, 3.8) is 0 Å². The Bertz CT molecular complexity index is 822. The van der Waals surface area contributed by atoms with Crippen molar-refractivity contribution >= 4 is 35.6 Å². The van der Waals surface area contributed by atoms with Crippen LogP contribution in [0.5, 0.6) is 5.88 Å². The predicted molar refractivity (Wildman–Crippen MR) is 122 cm³/mol. The van der Waals surface area contributed by atoms with Crippen LogP contribution in [0.4, 0.5) is 5.69 Å². The fraction of sp³-hybridized carbons (Fsp3) is 0.429. The molecule has 2 heterocycles. The highest BCUT2D eigenvalue weighted by Crippen LogP contribution is 2.24. The Morgan fingerprint density at radius 3 is 2.86 bits per heavy atom. The molecule has 2 aliphatic rings. The van der Waals surface area contributed by atoms with Crippen LogP contribution in [0, 0.1) is 0 Å². The summed E-state index contributed by atoms with van der Waals surface area (Å²) >= 11 is 0. The highest BCUT2D eigenvalue weighted by Gasteiger charge is 2.16. The van der Waals surface area contributed by atoms with Crippen LogP contribution >= 0.6 is 24.0 Å². The zero-order chi connectivity index (χ0) is 18.5. The number of ether oxygens (including phenoxy) is 2. The van der Waals surface area contributed by atoms with Crippen molar-refractivity contribution in [2.24, 2.45) is 10.7 Å². The molecule has 1 aromatic carbocycles. The van der Waals surface area contributed by atoms with Gasteiger partial charge in [-0.25, -0.2) is 9.98 Å². The zero-order valence-corrected chi connectivity index (χ0v) is 18.2. The molecule has 0 radical (unpaired) electrons. The molecule has 2 aromatic rings. The van der Waals surface area contributed by atoms with Gasteiger partial charge >= 0.3 is 0 Å². The second kappa shape index (κ2) is 10.1. The van der Waals surface area contributed by atoms with Gasteiger partial charge in [-0.2, -0.15) is 0 Å². The summed E-state index contributed by atoms with van der Waals surface area (Å²) in [5.41, 5.74) is 10.9. The van der Waals surface area contributed by atoms with Gasteiger partial charge in [0.2, 0.25) is 5.88 Å². The number of guanidine groups is 1. The van der Waals surface area contributed by atoms with Crippen LogP contribution in [0.15, 0.2) is 41.5 Å². The van der Waals surface area contributed by atoms with Gasteiger partial charge in [-0.15, -0.1) is 24.0 Å². The van der Waals surface area contributed by atoms with Crippen LogP contribution in [0.1, 0.15) is 36.0 Å². The average molecular weight is 494 g/mol. The fourth-order valence-electron chi connectivity index (χ4n) is 3.59. The Morgan fingerprint density at radius 2 is 2.00 bits per heavy atom. The van der Waals surface area contributed by atoms with Crippen molar-refractivity contribution < 1.29 is 9.47 Å². The maximum atomic E-state index is 6.06. The Labute approximate surface area is 183 Å². The number of hydrogen-bond acceptors (Lipinski definition) is 4. The van der Waals surface area contributed by atoms with Crippen molar-refractivity contribution in [2.75, 3.05) is 18.5 Å². The first-order valence-electron chi connectivity index (χ1n) is 9.64. The average Bonchev–Trinajstić information content (AvgIpc) is 3.15. The molecule has 0 saturated carbocycles. The van der Waals surface area contributed by atoms with Crippen LogP contribution in [-0.2, 0) is 24.1 Å². The maximum Gasteiger partial charge on any atom is 0.213 e. The molecule has 1 fully saturated rings. The lowest BCUT2D eigenvalue weighted by molar-refractivity contribution is 0.0237. The molecule has 6 nitrogen and oxygen atoms in total. The van der Waals surface area contributed by atoms with Gasteiger partial charge in [-0.1, -0.05) is 6.07 Å². The third-order valence-corrected chi connectivity index (χ3v) is 5.06. The molecule has 1 aromatic heterocycles. The highest BCUT2D eigenvalue weighted by molar-refractivity contribution is 14.0. The molecule has 0 amide bonds. The lowest BCUT2D eigenvalue weighted by Crippen LogP contribution is -2.26. The summed E-state index contributed by atoms with van der Waals surface area (Å²) in [5, 5.41) is 3.19. The maximum absolute atomic E-state index is 6.06. The Balaban J connectivity index is 0.00000225. The van der Waals surface area contributed by atoms with Crippen molar-refractivity contribution in [1.82, 2.24) is 4.98 Å². The second-order valence-electron chi connectivity index (χ2n) is 7.10. The summed E-state index contributed by atoms with van der Waals surface area (Å²) in [4.78, 5) is 8.75. The first kappa shape index (κ1) is 20.9. The molecule has 1 aliphatic heterocycles. The van der Waals surface area contributed by atoms with E-state index in [1.807, 2.05) is 12.1 Å². The molecule has 0 unspecified atom stereocenters. The first-order valence-corrected chi connectivity index (χ1v) is 9.64. The normalized spacial score (nSPS) is 16.9. The number of halogens is 1. The molecule has 150 valence electrons. The number of aromatic nitrogens is 1. The minimum atomic E-state index is 0. The molecule has 28 heavy (non-hydrogen) atoms. The topological polar surface area (TPSA) is 81.8 Å². The van der Waals surface area contributed by atoms with E-state index in [0.29, 0.717) is 18.4 Å². The number of nitrogens with one attached hydrogen (secondary N) is 1. The molecule has 1 saturated heterocycles. The van der Waals surface area contributed by atoms with E-state index in [1.165, 1.54) is 24.0 Å². The van der Waals surface area contributed by atoms with Gasteiger partial charge in [-0.3, -0.25) is 0 Å². The predicted octanol–water partition coefficient (Wildman–Crippen LogP) is 3.67. The Morgan fingerprint density at radius 1 is 1.18 bits per heavy atom. The summed E-state index contributed by atoms with van der Waals surface area (Å²) in [6.45, 7) is 1.98. The van der Waals surface area contributed by atoms with Crippen LogP contribution in [0.3, 0.4) is 0 Å². The lowest BCUT2D eigenvalue weighted by Gasteiger charge is -2.22. The largest absolute Gasteiger partial charge is 0.474 e. The van der Waals surface area contributed by atoms with Crippen molar-refractivity contribution in [2.45, 2.75) is 44.8 Å². The molecule has 4 rings (SSSR count). The summed E-state index contributed by atoms with van der Waals surface area (Å²) in [5.74, 6) is 1.05. The number of nitrogens with zero attached hydrogens (tertiary/aromatic N) is 2.